The van der Waals surface area contributed by atoms with E-state index in [0.29, 0.717) is 39.4 Å². The number of aromatic nitrogens is 2. The molecule has 1 aliphatic heterocycles. The lowest BCUT2D eigenvalue weighted by Crippen LogP contribution is -2.21. The van der Waals surface area contributed by atoms with Gasteiger partial charge in [0.25, 0.3) is 5.91 Å². The average molecular weight is 473 g/mol. The zero-order valence-corrected chi connectivity index (χ0v) is 19.3. The summed E-state index contributed by atoms with van der Waals surface area (Å²) in [5.41, 5.74) is 3.85. The van der Waals surface area contributed by atoms with Crippen molar-refractivity contribution in [2.75, 3.05) is 5.01 Å². The molecule has 5 aromatic rings. The van der Waals surface area contributed by atoms with Gasteiger partial charge in [-0.2, -0.15) is 15.2 Å². The van der Waals surface area contributed by atoms with E-state index in [-0.39, 0.29) is 5.91 Å². The molecule has 1 amide bonds. The topological polar surface area (TPSA) is 80.7 Å². The number of amides is 1. The van der Waals surface area contributed by atoms with Crippen LogP contribution in [0.5, 0.6) is 0 Å². The Morgan fingerprint density at radius 3 is 2.25 bits per heavy atom. The van der Waals surface area contributed by atoms with E-state index >= 15 is 0 Å². The van der Waals surface area contributed by atoms with E-state index in [0.717, 1.165) is 11.1 Å². The maximum Gasteiger partial charge on any atom is 0.345 e. The SMILES string of the molecule is CC1=NN(c2ccccc2)C(=O)/C1=C\c1cn(-c2ccccc2)nc1-c1cc2ccccc2oc1=O. The molecule has 0 saturated heterocycles. The lowest BCUT2D eigenvalue weighted by molar-refractivity contribution is -0.114. The highest BCUT2D eigenvalue weighted by atomic mass is 16.4. The molecular weight excluding hydrogens is 452 g/mol. The second kappa shape index (κ2) is 8.63. The molecule has 36 heavy (non-hydrogen) atoms. The molecule has 0 atom stereocenters. The summed E-state index contributed by atoms with van der Waals surface area (Å²) in [4.78, 5) is 26.3. The van der Waals surface area contributed by atoms with Crippen molar-refractivity contribution in [3.63, 3.8) is 0 Å². The van der Waals surface area contributed by atoms with Gasteiger partial charge in [-0.25, -0.2) is 9.48 Å². The second-order valence-electron chi connectivity index (χ2n) is 8.39. The standard InChI is InChI=1S/C29H20N4O3/c1-19-24(28(34)33(30-19)23-13-6-3-7-14-23)17-21-18-32(22-11-4-2-5-12-22)31-27(21)25-16-20-10-8-9-15-26(20)36-29(25)35/h2-18H,1H3/b24-17-. The molecule has 2 aromatic heterocycles. The van der Waals surface area contributed by atoms with Gasteiger partial charge in [0, 0.05) is 17.1 Å². The van der Waals surface area contributed by atoms with E-state index in [1.54, 1.807) is 36.0 Å². The van der Waals surface area contributed by atoms with Gasteiger partial charge in [-0.15, -0.1) is 0 Å². The maximum atomic E-state index is 13.3. The Morgan fingerprint density at radius 1 is 0.833 bits per heavy atom. The molecule has 0 radical (unpaired) electrons. The number of hydrogen-bond donors (Lipinski definition) is 0. The molecule has 0 N–H and O–H groups in total. The number of carbonyl (C=O) groups excluding carboxylic acids is 1. The molecule has 3 aromatic carbocycles. The number of hydrazone groups is 1. The van der Waals surface area contributed by atoms with Crippen molar-refractivity contribution in [2.24, 2.45) is 5.10 Å². The van der Waals surface area contributed by atoms with Crippen LogP contribution in [0.4, 0.5) is 5.69 Å². The molecule has 3 heterocycles. The molecular formula is C29H20N4O3. The van der Waals surface area contributed by atoms with Crippen molar-refractivity contribution < 1.29 is 9.21 Å². The van der Waals surface area contributed by atoms with E-state index in [4.69, 9.17) is 9.52 Å². The van der Waals surface area contributed by atoms with Crippen molar-refractivity contribution in [1.82, 2.24) is 9.78 Å². The van der Waals surface area contributed by atoms with Gasteiger partial charge in [0.1, 0.15) is 11.3 Å². The predicted molar refractivity (Wildman–Crippen MR) is 140 cm³/mol. The molecule has 0 bridgehead atoms. The molecule has 0 saturated carbocycles. The fraction of sp³-hybridized carbons (Fsp3) is 0.0345. The highest BCUT2D eigenvalue weighted by Crippen LogP contribution is 2.29. The quantitative estimate of drug-likeness (QED) is 0.257. The smallest absolute Gasteiger partial charge is 0.345 e. The van der Waals surface area contributed by atoms with Crippen molar-refractivity contribution in [2.45, 2.75) is 6.92 Å². The number of nitrogens with zero attached hydrogens (tertiary/aromatic N) is 4. The van der Waals surface area contributed by atoms with Crippen LogP contribution in [0.1, 0.15) is 12.5 Å². The van der Waals surface area contributed by atoms with E-state index < -0.39 is 5.63 Å². The Balaban J connectivity index is 1.51. The Hall–Kier alpha value is -5.04. The number of carbonyl (C=O) groups is 1. The van der Waals surface area contributed by atoms with Crippen LogP contribution in [0.15, 0.2) is 117 Å². The van der Waals surface area contributed by atoms with Gasteiger partial charge < -0.3 is 4.42 Å². The van der Waals surface area contributed by atoms with Crippen LogP contribution in [-0.4, -0.2) is 21.4 Å². The Bertz CT molecular complexity index is 1730. The van der Waals surface area contributed by atoms with Crippen LogP contribution < -0.4 is 10.6 Å². The lowest BCUT2D eigenvalue weighted by atomic mass is 10.0. The minimum Gasteiger partial charge on any atom is -0.422 e. The van der Waals surface area contributed by atoms with E-state index in [1.807, 2.05) is 78.9 Å². The summed E-state index contributed by atoms with van der Waals surface area (Å²) >= 11 is 0. The molecule has 7 heteroatoms. The second-order valence-corrected chi connectivity index (χ2v) is 8.39. The number of hydrogen-bond acceptors (Lipinski definition) is 5. The van der Waals surface area contributed by atoms with Crippen molar-refractivity contribution in [3.05, 3.63) is 119 Å². The highest BCUT2D eigenvalue weighted by Gasteiger charge is 2.29. The van der Waals surface area contributed by atoms with Gasteiger partial charge >= 0.3 is 5.63 Å². The number of fused-ring (bicyclic) bond motifs is 1. The first kappa shape index (κ1) is 21.5. The first-order valence-corrected chi connectivity index (χ1v) is 11.4. The summed E-state index contributed by atoms with van der Waals surface area (Å²) in [6, 6.07) is 27.9. The molecule has 0 fully saturated rings. The summed E-state index contributed by atoms with van der Waals surface area (Å²) < 4.78 is 7.27. The first-order chi connectivity index (χ1) is 17.6. The molecule has 6 rings (SSSR count). The number of benzene rings is 3. The number of rotatable bonds is 4. The predicted octanol–water partition coefficient (Wildman–Crippen LogP) is 5.45. The molecule has 7 nitrogen and oxygen atoms in total. The number of anilines is 1. The fourth-order valence-corrected chi connectivity index (χ4v) is 4.23. The highest BCUT2D eigenvalue weighted by molar-refractivity contribution is 6.32. The zero-order chi connectivity index (χ0) is 24.6. The third-order valence-corrected chi connectivity index (χ3v) is 6.02. The lowest BCUT2D eigenvalue weighted by Gasteiger charge is -2.11. The van der Waals surface area contributed by atoms with Crippen molar-refractivity contribution >= 4 is 34.4 Å². The third-order valence-electron chi connectivity index (χ3n) is 6.02. The van der Waals surface area contributed by atoms with E-state index in [2.05, 4.69) is 5.10 Å². The summed E-state index contributed by atoms with van der Waals surface area (Å²) in [6.45, 7) is 1.79. The molecule has 1 aliphatic rings. The Kier molecular flexibility index (Phi) is 5.15. The summed E-state index contributed by atoms with van der Waals surface area (Å²) in [5.74, 6) is -0.248. The van der Waals surface area contributed by atoms with Gasteiger partial charge in [-0.1, -0.05) is 54.6 Å². The van der Waals surface area contributed by atoms with Gasteiger partial charge in [-0.05, 0) is 49.4 Å². The fourth-order valence-electron chi connectivity index (χ4n) is 4.23. The van der Waals surface area contributed by atoms with Crippen molar-refractivity contribution in [3.8, 4) is 16.9 Å². The van der Waals surface area contributed by atoms with Crippen LogP contribution in [-0.2, 0) is 4.79 Å². The summed E-state index contributed by atoms with van der Waals surface area (Å²) in [6.07, 6.45) is 3.54. The maximum absolute atomic E-state index is 13.3. The largest absolute Gasteiger partial charge is 0.422 e. The third kappa shape index (κ3) is 3.73. The molecule has 0 spiro atoms. The van der Waals surface area contributed by atoms with E-state index in [1.165, 1.54) is 5.01 Å². The minimum absolute atomic E-state index is 0.248. The number of para-hydroxylation sites is 3. The average Bonchev–Trinajstić information content (AvgIpc) is 3.46. The summed E-state index contributed by atoms with van der Waals surface area (Å²) in [5, 5.41) is 11.4. The Morgan fingerprint density at radius 2 is 1.50 bits per heavy atom. The van der Waals surface area contributed by atoms with Gasteiger partial charge in [0.2, 0.25) is 0 Å². The monoisotopic (exact) mass is 472 g/mol. The Labute approximate surface area is 206 Å². The molecule has 0 aliphatic carbocycles. The van der Waals surface area contributed by atoms with Crippen LogP contribution in [0.25, 0.3) is 34.0 Å². The van der Waals surface area contributed by atoms with Gasteiger partial charge in [0.15, 0.2) is 0 Å². The zero-order valence-electron chi connectivity index (χ0n) is 19.3. The van der Waals surface area contributed by atoms with Crippen LogP contribution >= 0.6 is 0 Å². The van der Waals surface area contributed by atoms with Gasteiger partial charge in [-0.3, -0.25) is 4.79 Å². The van der Waals surface area contributed by atoms with Crippen LogP contribution in [0.3, 0.4) is 0 Å². The van der Waals surface area contributed by atoms with Crippen LogP contribution in [0, 0.1) is 0 Å². The van der Waals surface area contributed by atoms with Crippen molar-refractivity contribution in [1.29, 1.82) is 0 Å². The molecule has 0 unspecified atom stereocenters. The molecule has 174 valence electrons. The van der Waals surface area contributed by atoms with Gasteiger partial charge in [0.05, 0.1) is 28.2 Å². The summed E-state index contributed by atoms with van der Waals surface area (Å²) in [7, 11) is 0. The van der Waals surface area contributed by atoms with Crippen LogP contribution in [0.2, 0.25) is 0 Å². The normalized spacial score (nSPS) is 14.6. The minimum atomic E-state index is -0.499. The first-order valence-electron chi connectivity index (χ1n) is 11.4. The van der Waals surface area contributed by atoms with E-state index in [9.17, 15) is 9.59 Å².